The molecule has 2 aromatic heterocycles. The third-order valence-electron chi connectivity index (χ3n) is 6.71. The summed E-state index contributed by atoms with van der Waals surface area (Å²) in [6.07, 6.45) is 4.42. The molecule has 1 aliphatic heterocycles. The van der Waals surface area contributed by atoms with E-state index >= 15 is 0 Å². The predicted molar refractivity (Wildman–Crippen MR) is 148 cm³/mol. The number of fused-ring (bicyclic) bond motifs is 1. The number of benzene rings is 2. The van der Waals surface area contributed by atoms with Gasteiger partial charge in [0.2, 0.25) is 10.0 Å². The molecule has 1 amide bonds. The second-order valence-electron chi connectivity index (χ2n) is 9.21. The standard InChI is InChI=1S/C27H27ClN4O3S2/c1-18-7-4-6-16-32(18)37(34,35)22-11-9-20(10-12-22)26(33)31(17-21-8-3-5-15-29-21)27-30-25-19(2)23(28)13-14-24(25)36-27/h3,5,8-15,18H,4,6-7,16-17H2,1-2H3. The number of amides is 1. The summed E-state index contributed by atoms with van der Waals surface area (Å²) in [5.74, 6) is -0.288. The number of rotatable bonds is 6. The summed E-state index contributed by atoms with van der Waals surface area (Å²) >= 11 is 7.70. The Morgan fingerprint density at radius 2 is 1.92 bits per heavy atom. The number of piperidine rings is 1. The molecule has 0 spiro atoms. The van der Waals surface area contributed by atoms with E-state index in [0.29, 0.717) is 28.0 Å². The number of carbonyl (C=O) groups is 1. The number of anilines is 1. The highest BCUT2D eigenvalue weighted by atomic mass is 35.5. The number of thiazole rings is 1. The number of hydrogen-bond acceptors (Lipinski definition) is 6. The predicted octanol–water partition coefficient (Wildman–Crippen LogP) is 6.06. The van der Waals surface area contributed by atoms with Crippen molar-refractivity contribution < 1.29 is 13.2 Å². The van der Waals surface area contributed by atoms with Crippen LogP contribution >= 0.6 is 22.9 Å². The summed E-state index contributed by atoms with van der Waals surface area (Å²) in [7, 11) is -3.63. The van der Waals surface area contributed by atoms with Gasteiger partial charge in [-0.1, -0.05) is 35.4 Å². The molecule has 0 radical (unpaired) electrons. The van der Waals surface area contributed by atoms with Gasteiger partial charge in [0.05, 0.1) is 27.4 Å². The van der Waals surface area contributed by atoms with Gasteiger partial charge in [-0.25, -0.2) is 13.4 Å². The average Bonchev–Trinajstić information content (AvgIpc) is 3.35. The minimum absolute atomic E-state index is 0.0371. The number of hydrogen-bond donors (Lipinski definition) is 0. The first-order valence-corrected chi connectivity index (χ1v) is 14.8. The molecule has 0 saturated carbocycles. The van der Waals surface area contributed by atoms with Crippen LogP contribution in [0.3, 0.4) is 0 Å². The van der Waals surface area contributed by atoms with Crippen LogP contribution in [0.25, 0.3) is 10.2 Å². The van der Waals surface area contributed by atoms with Gasteiger partial charge in [-0.2, -0.15) is 4.31 Å². The third kappa shape index (κ3) is 5.13. The van der Waals surface area contributed by atoms with E-state index in [0.717, 1.165) is 35.0 Å². The highest BCUT2D eigenvalue weighted by molar-refractivity contribution is 7.89. The highest BCUT2D eigenvalue weighted by Gasteiger charge is 2.31. The number of carbonyl (C=O) groups excluding carboxylic acids is 1. The fourth-order valence-electron chi connectivity index (χ4n) is 4.57. The molecule has 37 heavy (non-hydrogen) atoms. The van der Waals surface area contributed by atoms with Crippen LogP contribution < -0.4 is 4.90 Å². The summed E-state index contributed by atoms with van der Waals surface area (Å²) in [4.78, 5) is 24.7. The molecule has 2 aromatic carbocycles. The smallest absolute Gasteiger partial charge is 0.260 e. The molecule has 3 heterocycles. The number of aromatic nitrogens is 2. The van der Waals surface area contributed by atoms with Gasteiger partial charge in [0.15, 0.2) is 5.13 Å². The van der Waals surface area contributed by atoms with E-state index in [1.165, 1.54) is 23.5 Å². The average molecular weight is 555 g/mol. The maximum Gasteiger partial charge on any atom is 0.260 e. The van der Waals surface area contributed by atoms with E-state index in [-0.39, 0.29) is 23.4 Å². The van der Waals surface area contributed by atoms with E-state index in [4.69, 9.17) is 16.6 Å². The summed E-state index contributed by atoms with van der Waals surface area (Å²) < 4.78 is 29.0. The molecule has 0 bridgehead atoms. The van der Waals surface area contributed by atoms with Crippen LogP contribution in [0.15, 0.2) is 65.7 Å². The summed E-state index contributed by atoms with van der Waals surface area (Å²) in [5, 5.41) is 1.14. The number of halogens is 1. The Hall–Kier alpha value is -2.85. The molecule has 1 saturated heterocycles. The Balaban J connectivity index is 1.49. The Morgan fingerprint density at radius 3 is 2.62 bits per heavy atom. The topological polar surface area (TPSA) is 83.5 Å². The number of aryl methyl sites for hydroxylation is 1. The molecule has 1 atom stereocenters. The molecular formula is C27H27ClN4O3S2. The Bertz CT molecular complexity index is 1540. The van der Waals surface area contributed by atoms with Crippen LogP contribution in [0.5, 0.6) is 0 Å². The summed E-state index contributed by atoms with van der Waals surface area (Å²) in [6, 6.07) is 15.4. The van der Waals surface area contributed by atoms with Crippen molar-refractivity contribution in [2.45, 2.75) is 50.6 Å². The second kappa shape index (κ2) is 10.5. The van der Waals surface area contributed by atoms with E-state index in [1.807, 2.05) is 44.2 Å². The van der Waals surface area contributed by atoms with Crippen molar-refractivity contribution in [3.8, 4) is 0 Å². The van der Waals surface area contributed by atoms with Crippen LogP contribution in [0.1, 0.15) is 47.8 Å². The Morgan fingerprint density at radius 1 is 1.14 bits per heavy atom. The lowest BCUT2D eigenvalue weighted by Gasteiger charge is -2.32. The third-order valence-corrected chi connectivity index (χ3v) is 10.2. The van der Waals surface area contributed by atoms with Gasteiger partial charge < -0.3 is 0 Å². The molecule has 1 unspecified atom stereocenters. The van der Waals surface area contributed by atoms with E-state index in [2.05, 4.69) is 4.98 Å². The normalized spacial score (nSPS) is 16.7. The van der Waals surface area contributed by atoms with E-state index in [1.54, 1.807) is 27.5 Å². The molecule has 0 aliphatic carbocycles. The van der Waals surface area contributed by atoms with Gasteiger partial charge >= 0.3 is 0 Å². The number of sulfonamides is 1. The fraction of sp³-hybridized carbons (Fsp3) is 0.296. The van der Waals surface area contributed by atoms with Crippen molar-refractivity contribution in [1.82, 2.24) is 14.3 Å². The zero-order chi connectivity index (χ0) is 26.2. The minimum atomic E-state index is -3.63. The SMILES string of the molecule is Cc1c(Cl)ccc2sc(N(Cc3ccccn3)C(=O)c3ccc(S(=O)(=O)N4CCCCC4C)cc3)nc12. The van der Waals surface area contributed by atoms with Gasteiger partial charge in [-0.3, -0.25) is 14.7 Å². The van der Waals surface area contributed by atoms with Gasteiger partial charge in [0.25, 0.3) is 5.91 Å². The number of nitrogens with zero attached hydrogens (tertiary/aromatic N) is 4. The van der Waals surface area contributed by atoms with Crippen molar-refractivity contribution >= 4 is 54.2 Å². The van der Waals surface area contributed by atoms with Crippen LogP contribution in [0.4, 0.5) is 5.13 Å². The molecule has 192 valence electrons. The lowest BCUT2D eigenvalue weighted by Crippen LogP contribution is -2.41. The maximum absolute atomic E-state index is 13.8. The molecule has 0 N–H and O–H groups in total. The molecule has 1 fully saturated rings. The minimum Gasteiger partial charge on any atom is -0.278 e. The lowest BCUT2D eigenvalue weighted by atomic mass is 10.1. The van der Waals surface area contributed by atoms with Gasteiger partial charge in [-0.05, 0) is 80.8 Å². The molecule has 5 rings (SSSR count). The molecule has 10 heteroatoms. The maximum atomic E-state index is 13.8. The Kier molecular flexibility index (Phi) is 7.31. The van der Waals surface area contributed by atoms with E-state index < -0.39 is 10.0 Å². The van der Waals surface area contributed by atoms with Crippen molar-refractivity contribution in [2.75, 3.05) is 11.4 Å². The molecule has 4 aromatic rings. The number of pyridine rings is 1. The molecular weight excluding hydrogens is 528 g/mol. The van der Waals surface area contributed by atoms with Crippen molar-refractivity contribution in [2.24, 2.45) is 0 Å². The zero-order valence-electron chi connectivity index (χ0n) is 20.6. The van der Waals surface area contributed by atoms with Gasteiger partial charge in [0.1, 0.15) is 0 Å². The first-order valence-electron chi connectivity index (χ1n) is 12.1. The first kappa shape index (κ1) is 25.8. The zero-order valence-corrected chi connectivity index (χ0v) is 23.0. The summed E-state index contributed by atoms with van der Waals surface area (Å²) in [5.41, 5.74) is 2.69. The van der Waals surface area contributed by atoms with E-state index in [9.17, 15) is 13.2 Å². The van der Waals surface area contributed by atoms with Crippen LogP contribution in [0, 0.1) is 6.92 Å². The highest BCUT2D eigenvalue weighted by Crippen LogP contribution is 2.35. The van der Waals surface area contributed by atoms with Gasteiger partial charge in [-0.15, -0.1) is 0 Å². The second-order valence-corrected chi connectivity index (χ2v) is 12.5. The van der Waals surface area contributed by atoms with Crippen molar-refractivity contribution in [3.63, 3.8) is 0 Å². The van der Waals surface area contributed by atoms with Crippen LogP contribution in [-0.2, 0) is 16.6 Å². The lowest BCUT2D eigenvalue weighted by molar-refractivity contribution is 0.0984. The van der Waals surface area contributed by atoms with Crippen molar-refractivity contribution in [3.05, 3.63) is 82.6 Å². The first-order chi connectivity index (χ1) is 17.8. The van der Waals surface area contributed by atoms with Crippen molar-refractivity contribution in [1.29, 1.82) is 0 Å². The molecule has 1 aliphatic rings. The largest absolute Gasteiger partial charge is 0.278 e. The molecule has 7 nitrogen and oxygen atoms in total. The monoisotopic (exact) mass is 554 g/mol. The fourth-order valence-corrected chi connectivity index (χ4v) is 7.45. The van der Waals surface area contributed by atoms with Gasteiger partial charge in [0, 0.05) is 29.4 Å². The Labute approximate surface area is 225 Å². The van der Waals surface area contributed by atoms with Crippen LogP contribution in [0.2, 0.25) is 5.02 Å². The quantitative estimate of drug-likeness (QED) is 0.289. The van der Waals surface area contributed by atoms with Crippen LogP contribution in [-0.4, -0.2) is 41.2 Å². The summed E-state index contributed by atoms with van der Waals surface area (Å²) in [6.45, 7) is 4.58.